The van der Waals surface area contributed by atoms with Gasteiger partial charge in [0, 0.05) is 18.2 Å². The zero-order valence-corrected chi connectivity index (χ0v) is 11.1. The Labute approximate surface area is 116 Å². The summed E-state index contributed by atoms with van der Waals surface area (Å²) in [6.07, 6.45) is 4.72. The number of para-hydroxylation sites is 1. The third-order valence-electron chi connectivity index (χ3n) is 3.60. The molecule has 1 aromatic carbocycles. The van der Waals surface area contributed by atoms with Crippen LogP contribution < -0.4 is 10.1 Å². The van der Waals surface area contributed by atoms with Gasteiger partial charge in [0.2, 0.25) is 0 Å². The van der Waals surface area contributed by atoms with Gasteiger partial charge < -0.3 is 10.1 Å². The topological polar surface area (TPSA) is 46.5 Å². The summed E-state index contributed by atoms with van der Waals surface area (Å²) < 4.78 is 5.42. The van der Waals surface area contributed by atoms with E-state index >= 15 is 0 Å². The van der Waals surface area contributed by atoms with Crippen LogP contribution in [0.2, 0.25) is 0 Å². The molecular formula is C16H13N3O. The molecule has 3 heterocycles. The van der Waals surface area contributed by atoms with E-state index in [1.807, 2.05) is 24.3 Å². The van der Waals surface area contributed by atoms with E-state index in [4.69, 9.17) is 9.73 Å². The molecule has 4 nitrogen and oxygen atoms in total. The van der Waals surface area contributed by atoms with Crippen molar-refractivity contribution in [1.29, 1.82) is 0 Å². The molecule has 2 aliphatic heterocycles. The molecule has 98 valence electrons. The number of amidine groups is 1. The zero-order chi connectivity index (χ0) is 13.5. The molecule has 4 heteroatoms. The van der Waals surface area contributed by atoms with E-state index in [0.29, 0.717) is 0 Å². The third kappa shape index (κ3) is 1.61. The van der Waals surface area contributed by atoms with E-state index in [2.05, 4.69) is 22.4 Å². The van der Waals surface area contributed by atoms with Crippen molar-refractivity contribution in [2.75, 3.05) is 12.4 Å². The summed E-state index contributed by atoms with van der Waals surface area (Å²) in [5.41, 5.74) is 5.17. The molecule has 1 aromatic heterocycles. The molecule has 4 rings (SSSR count). The second-order valence-electron chi connectivity index (χ2n) is 4.82. The van der Waals surface area contributed by atoms with Crippen molar-refractivity contribution in [3.63, 3.8) is 0 Å². The number of aromatic nitrogens is 1. The van der Waals surface area contributed by atoms with Crippen LogP contribution >= 0.6 is 0 Å². The molecule has 2 aliphatic rings. The first-order valence-corrected chi connectivity index (χ1v) is 6.53. The fourth-order valence-electron chi connectivity index (χ4n) is 2.67. The van der Waals surface area contributed by atoms with Gasteiger partial charge in [0.15, 0.2) is 0 Å². The number of rotatable bonds is 1. The molecule has 0 saturated heterocycles. The molecule has 0 amide bonds. The molecule has 1 N–H and O–H groups in total. The lowest BCUT2D eigenvalue weighted by Crippen LogP contribution is -2.14. The first-order valence-electron chi connectivity index (χ1n) is 6.53. The molecule has 0 atom stereocenters. The molecule has 0 aliphatic carbocycles. The van der Waals surface area contributed by atoms with Crippen LogP contribution in [0.1, 0.15) is 17.7 Å². The van der Waals surface area contributed by atoms with Crippen molar-refractivity contribution >= 4 is 28.9 Å². The van der Waals surface area contributed by atoms with E-state index in [0.717, 1.165) is 40.6 Å². The number of methoxy groups -OCH3 is 1. The predicted octanol–water partition coefficient (Wildman–Crippen LogP) is 3.49. The summed E-state index contributed by atoms with van der Waals surface area (Å²) in [5, 5.41) is 3.36. The molecule has 0 spiro atoms. The van der Waals surface area contributed by atoms with Gasteiger partial charge in [0.25, 0.3) is 0 Å². The number of hydrogen-bond acceptors (Lipinski definition) is 4. The molecular weight excluding hydrogens is 250 g/mol. The van der Waals surface area contributed by atoms with Crippen molar-refractivity contribution in [3.8, 4) is 5.75 Å². The Balaban J connectivity index is 1.98. The van der Waals surface area contributed by atoms with Gasteiger partial charge in [-0.2, -0.15) is 0 Å². The van der Waals surface area contributed by atoms with Gasteiger partial charge in [-0.3, -0.25) is 4.98 Å². The van der Waals surface area contributed by atoms with Crippen LogP contribution in [0.4, 0.5) is 11.4 Å². The summed E-state index contributed by atoms with van der Waals surface area (Å²) in [5.74, 6) is 1.73. The minimum Gasteiger partial charge on any atom is -0.494 e. The maximum atomic E-state index is 5.42. The number of benzene rings is 1. The number of aliphatic imine (C=N–C) groups is 1. The highest BCUT2D eigenvalue weighted by Gasteiger charge is 2.23. The molecule has 0 unspecified atom stereocenters. The lowest BCUT2D eigenvalue weighted by molar-refractivity contribution is 0.416. The van der Waals surface area contributed by atoms with E-state index in [9.17, 15) is 0 Å². The molecule has 2 aromatic rings. The monoisotopic (exact) mass is 263 g/mol. The summed E-state index contributed by atoms with van der Waals surface area (Å²) in [6, 6.07) is 9.96. The zero-order valence-electron chi connectivity index (χ0n) is 11.1. The van der Waals surface area contributed by atoms with Gasteiger partial charge in [0.1, 0.15) is 17.3 Å². The van der Waals surface area contributed by atoms with Gasteiger partial charge >= 0.3 is 0 Å². The minimum atomic E-state index is 0.788. The standard InChI is InChI=1S/C16H13N3O/c1-20-14-6-2-4-11-10-8-13-12(5-3-7-17-13)18-15(9-10)19-16(11)14/h2-8H,9H2,1H3,(H,18,19). The summed E-state index contributed by atoms with van der Waals surface area (Å²) in [4.78, 5) is 9.14. The van der Waals surface area contributed by atoms with Gasteiger partial charge in [0.05, 0.1) is 18.5 Å². The highest BCUT2D eigenvalue weighted by molar-refractivity contribution is 6.12. The molecule has 0 radical (unpaired) electrons. The lowest BCUT2D eigenvalue weighted by atomic mass is 9.97. The van der Waals surface area contributed by atoms with Crippen molar-refractivity contribution in [2.24, 2.45) is 4.99 Å². The highest BCUT2D eigenvalue weighted by atomic mass is 16.5. The lowest BCUT2D eigenvalue weighted by Gasteiger charge is -2.19. The van der Waals surface area contributed by atoms with Crippen LogP contribution in [0.25, 0.3) is 11.6 Å². The Morgan fingerprint density at radius 1 is 1.20 bits per heavy atom. The average molecular weight is 263 g/mol. The first-order chi connectivity index (χ1) is 9.85. The highest BCUT2D eigenvalue weighted by Crippen LogP contribution is 2.42. The van der Waals surface area contributed by atoms with Crippen LogP contribution in [-0.4, -0.2) is 17.9 Å². The van der Waals surface area contributed by atoms with E-state index in [-0.39, 0.29) is 0 Å². The number of nitrogens with one attached hydrogen (secondary N) is 1. The van der Waals surface area contributed by atoms with Crippen LogP contribution in [0.3, 0.4) is 0 Å². The molecule has 2 bridgehead atoms. The number of nitrogens with zero attached hydrogens (tertiary/aromatic N) is 2. The Morgan fingerprint density at radius 3 is 3.05 bits per heavy atom. The van der Waals surface area contributed by atoms with Crippen molar-refractivity contribution in [2.45, 2.75) is 6.42 Å². The molecule has 0 fully saturated rings. The van der Waals surface area contributed by atoms with Gasteiger partial charge in [-0.1, -0.05) is 12.1 Å². The van der Waals surface area contributed by atoms with Crippen LogP contribution in [-0.2, 0) is 0 Å². The Morgan fingerprint density at radius 2 is 2.15 bits per heavy atom. The Hall–Kier alpha value is -2.62. The SMILES string of the molecule is COc1cccc2c1N=C1CC2=Cc2ncccc2N1. The van der Waals surface area contributed by atoms with Crippen molar-refractivity contribution in [1.82, 2.24) is 4.98 Å². The van der Waals surface area contributed by atoms with E-state index < -0.39 is 0 Å². The fraction of sp³-hybridized carbons (Fsp3) is 0.125. The third-order valence-corrected chi connectivity index (χ3v) is 3.60. The molecule has 0 saturated carbocycles. The fourth-order valence-corrected chi connectivity index (χ4v) is 2.67. The van der Waals surface area contributed by atoms with Crippen molar-refractivity contribution < 1.29 is 4.74 Å². The van der Waals surface area contributed by atoms with Gasteiger partial charge in [-0.15, -0.1) is 0 Å². The second-order valence-corrected chi connectivity index (χ2v) is 4.82. The Bertz CT molecular complexity index is 762. The van der Waals surface area contributed by atoms with E-state index in [1.165, 1.54) is 5.57 Å². The maximum Gasteiger partial charge on any atom is 0.145 e. The smallest absolute Gasteiger partial charge is 0.145 e. The van der Waals surface area contributed by atoms with Crippen LogP contribution in [0, 0.1) is 0 Å². The minimum absolute atomic E-state index is 0.788. The number of ether oxygens (including phenoxy) is 1. The summed E-state index contributed by atoms with van der Waals surface area (Å²) >= 11 is 0. The van der Waals surface area contributed by atoms with Crippen LogP contribution in [0.15, 0.2) is 41.5 Å². The van der Waals surface area contributed by atoms with Gasteiger partial charge in [-0.25, -0.2) is 4.99 Å². The number of anilines is 1. The average Bonchev–Trinajstić information content (AvgIpc) is 2.63. The predicted molar refractivity (Wildman–Crippen MR) is 80.4 cm³/mol. The van der Waals surface area contributed by atoms with Crippen LogP contribution in [0.5, 0.6) is 5.75 Å². The van der Waals surface area contributed by atoms with E-state index in [1.54, 1.807) is 13.3 Å². The quantitative estimate of drug-likeness (QED) is 0.856. The largest absolute Gasteiger partial charge is 0.494 e. The number of fused-ring (bicyclic) bond motifs is 5. The first kappa shape index (κ1) is 11.2. The molecule has 20 heavy (non-hydrogen) atoms. The van der Waals surface area contributed by atoms with Crippen molar-refractivity contribution in [3.05, 3.63) is 47.8 Å². The Kier molecular flexibility index (Phi) is 2.36. The summed E-state index contributed by atoms with van der Waals surface area (Å²) in [6.45, 7) is 0. The second kappa shape index (κ2) is 4.20. The summed E-state index contributed by atoms with van der Waals surface area (Å²) in [7, 11) is 1.67. The number of hydrogen-bond donors (Lipinski definition) is 1. The normalized spacial score (nSPS) is 15.1. The maximum absolute atomic E-state index is 5.42. The number of pyridine rings is 1. The van der Waals surface area contributed by atoms with Gasteiger partial charge in [-0.05, 0) is 29.8 Å².